The minimum atomic E-state index is -0.247. The van der Waals surface area contributed by atoms with E-state index in [1.165, 1.54) is 11.8 Å². The zero-order valence-corrected chi connectivity index (χ0v) is 19.0. The van der Waals surface area contributed by atoms with E-state index in [-0.39, 0.29) is 30.8 Å². The third kappa shape index (κ3) is 4.91. The van der Waals surface area contributed by atoms with Gasteiger partial charge in [0.2, 0.25) is 6.79 Å². The number of fused-ring (bicyclic) bond motifs is 1. The Morgan fingerprint density at radius 3 is 2.61 bits per heavy atom. The smallest absolute Gasteiger partial charge is 0.251 e. The highest BCUT2D eigenvalue weighted by molar-refractivity contribution is 9.10. The number of rotatable bonds is 8. The molecule has 1 N–H and O–H groups in total. The first kappa shape index (κ1) is 21.4. The summed E-state index contributed by atoms with van der Waals surface area (Å²) in [6.45, 7) is 2.96. The number of hydrogen-bond acceptors (Lipinski definition) is 7. The van der Waals surface area contributed by atoms with Gasteiger partial charge in [0.15, 0.2) is 28.3 Å². The van der Waals surface area contributed by atoms with E-state index in [0.717, 1.165) is 4.47 Å². The van der Waals surface area contributed by atoms with Gasteiger partial charge in [-0.2, -0.15) is 0 Å². The van der Waals surface area contributed by atoms with Crippen LogP contribution in [-0.4, -0.2) is 39.0 Å². The van der Waals surface area contributed by atoms with E-state index in [1.54, 1.807) is 30.3 Å². The molecule has 0 radical (unpaired) electrons. The van der Waals surface area contributed by atoms with Crippen molar-refractivity contribution in [3.8, 4) is 11.5 Å². The summed E-state index contributed by atoms with van der Waals surface area (Å²) < 4.78 is 13.4. The lowest BCUT2D eigenvalue weighted by atomic mass is 10.2. The second-order valence-electron chi connectivity index (χ2n) is 6.61. The first-order valence-corrected chi connectivity index (χ1v) is 11.3. The van der Waals surface area contributed by atoms with Crippen molar-refractivity contribution in [1.82, 2.24) is 20.1 Å². The van der Waals surface area contributed by atoms with Gasteiger partial charge >= 0.3 is 0 Å². The fourth-order valence-electron chi connectivity index (χ4n) is 3.02. The Bertz CT molecular complexity index is 1120. The lowest BCUT2D eigenvalue weighted by Gasteiger charge is -2.09. The quantitative estimate of drug-likeness (QED) is 0.370. The van der Waals surface area contributed by atoms with Gasteiger partial charge in [0.1, 0.15) is 0 Å². The highest BCUT2D eigenvalue weighted by atomic mass is 79.9. The Hall–Kier alpha value is -2.85. The molecule has 0 atom stereocenters. The second kappa shape index (κ2) is 9.52. The van der Waals surface area contributed by atoms with Gasteiger partial charge in [-0.25, -0.2) is 0 Å². The molecule has 0 bridgehead atoms. The summed E-state index contributed by atoms with van der Waals surface area (Å²) in [7, 11) is 0. The summed E-state index contributed by atoms with van der Waals surface area (Å²) in [6, 6.07) is 12.3. The number of carbonyl (C=O) groups is 2. The summed E-state index contributed by atoms with van der Waals surface area (Å²) >= 11 is 4.69. The number of ether oxygens (including phenoxy) is 2. The number of nitrogens with one attached hydrogen (secondary N) is 1. The molecule has 1 aliphatic heterocycles. The summed E-state index contributed by atoms with van der Waals surface area (Å²) in [5, 5.41) is 11.9. The molecule has 0 spiro atoms. The number of Topliss-reactive ketones (excluding diaryl/α,β-unsaturated/α-hetero) is 1. The SMILES string of the molecule is CCn1c(CNC(=O)c2ccc3c(c2)OCO3)nnc1SCC(=O)c1ccc(Br)cc1. The van der Waals surface area contributed by atoms with Gasteiger partial charge < -0.3 is 19.4 Å². The average Bonchev–Trinajstić information content (AvgIpc) is 3.41. The Balaban J connectivity index is 1.37. The van der Waals surface area contributed by atoms with E-state index in [2.05, 4.69) is 31.4 Å². The standard InChI is InChI=1S/C21H19BrN4O4S/c1-2-26-19(10-23-20(28)14-5-8-17-18(9-14)30-12-29-17)24-25-21(26)31-11-16(27)13-3-6-15(22)7-4-13/h3-9H,2,10-12H2,1H3,(H,23,28). The maximum absolute atomic E-state index is 12.5. The lowest BCUT2D eigenvalue weighted by molar-refractivity contribution is 0.0948. The van der Waals surface area contributed by atoms with Gasteiger partial charge in [-0.05, 0) is 37.3 Å². The number of amides is 1. The number of hydrogen-bond donors (Lipinski definition) is 1. The summed E-state index contributed by atoms with van der Waals surface area (Å²) in [5.41, 5.74) is 1.12. The predicted octanol–water partition coefficient (Wildman–Crippen LogP) is 3.69. The Morgan fingerprint density at radius 2 is 1.84 bits per heavy atom. The molecular formula is C21H19BrN4O4S. The third-order valence-corrected chi connectivity index (χ3v) is 6.15. The molecule has 0 saturated heterocycles. The predicted molar refractivity (Wildman–Crippen MR) is 119 cm³/mol. The van der Waals surface area contributed by atoms with E-state index in [4.69, 9.17) is 9.47 Å². The minimum Gasteiger partial charge on any atom is -0.454 e. The fraction of sp³-hybridized carbons (Fsp3) is 0.238. The van der Waals surface area contributed by atoms with Crippen molar-refractivity contribution in [2.75, 3.05) is 12.5 Å². The van der Waals surface area contributed by atoms with Gasteiger partial charge in [-0.3, -0.25) is 9.59 Å². The molecule has 0 fully saturated rings. The molecule has 4 rings (SSSR count). The molecule has 160 valence electrons. The average molecular weight is 503 g/mol. The van der Waals surface area contributed by atoms with Crippen molar-refractivity contribution in [2.24, 2.45) is 0 Å². The first-order valence-electron chi connectivity index (χ1n) is 9.56. The van der Waals surface area contributed by atoms with Crippen LogP contribution in [0.4, 0.5) is 0 Å². The highest BCUT2D eigenvalue weighted by Crippen LogP contribution is 2.32. The monoisotopic (exact) mass is 502 g/mol. The van der Waals surface area contributed by atoms with Crippen LogP contribution in [-0.2, 0) is 13.1 Å². The largest absolute Gasteiger partial charge is 0.454 e. The number of ketones is 1. The molecule has 1 aromatic heterocycles. The maximum atomic E-state index is 12.5. The fourth-order valence-corrected chi connectivity index (χ4v) is 4.20. The highest BCUT2D eigenvalue weighted by Gasteiger charge is 2.18. The van der Waals surface area contributed by atoms with E-state index in [0.29, 0.717) is 40.2 Å². The molecular weight excluding hydrogens is 484 g/mol. The normalized spacial score (nSPS) is 12.1. The topological polar surface area (TPSA) is 95.3 Å². The summed E-state index contributed by atoms with van der Waals surface area (Å²) in [6.07, 6.45) is 0. The van der Waals surface area contributed by atoms with Crippen LogP contribution in [0.3, 0.4) is 0 Å². The molecule has 1 amide bonds. The summed E-state index contributed by atoms with van der Waals surface area (Å²) in [5.74, 6) is 1.82. The molecule has 0 saturated carbocycles. The zero-order chi connectivity index (χ0) is 21.8. The van der Waals surface area contributed by atoms with Crippen molar-refractivity contribution in [2.45, 2.75) is 25.2 Å². The maximum Gasteiger partial charge on any atom is 0.251 e. The first-order chi connectivity index (χ1) is 15.0. The van der Waals surface area contributed by atoms with Gasteiger partial charge in [0.25, 0.3) is 5.91 Å². The van der Waals surface area contributed by atoms with Crippen LogP contribution in [0.15, 0.2) is 52.1 Å². The van der Waals surface area contributed by atoms with Crippen LogP contribution < -0.4 is 14.8 Å². The molecule has 1 aliphatic rings. The van der Waals surface area contributed by atoms with Gasteiger partial charge in [0, 0.05) is 22.1 Å². The number of nitrogens with zero attached hydrogens (tertiary/aromatic N) is 3. The van der Waals surface area contributed by atoms with Crippen LogP contribution in [0.5, 0.6) is 11.5 Å². The van der Waals surface area contributed by atoms with Crippen molar-refractivity contribution in [3.63, 3.8) is 0 Å². The lowest BCUT2D eigenvalue weighted by Crippen LogP contribution is -2.24. The molecule has 0 aliphatic carbocycles. The van der Waals surface area contributed by atoms with Crippen LogP contribution in [0.2, 0.25) is 0 Å². The van der Waals surface area contributed by atoms with Crippen LogP contribution in [0.1, 0.15) is 33.5 Å². The Morgan fingerprint density at radius 1 is 1.10 bits per heavy atom. The van der Waals surface area contributed by atoms with Crippen molar-refractivity contribution in [3.05, 3.63) is 63.9 Å². The Kier molecular flexibility index (Phi) is 6.57. The number of aromatic nitrogens is 3. The molecule has 10 heteroatoms. The van der Waals surface area contributed by atoms with Gasteiger partial charge in [0.05, 0.1) is 12.3 Å². The van der Waals surface area contributed by atoms with E-state index >= 15 is 0 Å². The molecule has 31 heavy (non-hydrogen) atoms. The third-order valence-electron chi connectivity index (χ3n) is 4.65. The number of halogens is 1. The van der Waals surface area contributed by atoms with Gasteiger partial charge in [-0.15, -0.1) is 10.2 Å². The van der Waals surface area contributed by atoms with Gasteiger partial charge in [-0.1, -0.05) is 39.8 Å². The zero-order valence-electron chi connectivity index (χ0n) is 16.6. The van der Waals surface area contributed by atoms with E-state index < -0.39 is 0 Å². The summed E-state index contributed by atoms with van der Waals surface area (Å²) in [4.78, 5) is 24.9. The molecule has 3 aromatic rings. The minimum absolute atomic E-state index is 0.0146. The number of carbonyl (C=O) groups excluding carboxylic acids is 2. The van der Waals surface area contributed by atoms with Crippen LogP contribution in [0.25, 0.3) is 0 Å². The number of thioether (sulfide) groups is 1. The Labute approximate surface area is 191 Å². The molecule has 0 unspecified atom stereocenters. The second-order valence-corrected chi connectivity index (χ2v) is 8.47. The molecule has 8 nitrogen and oxygen atoms in total. The van der Waals surface area contributed by atoms with Crippen LogP contribution in [0, 0.1) is 0 Å². The number of benzene rings is 2. The van der Waals surface area contributed by atoms with Crippen molar-refractivity contribution < 1.29 is 19.1 Å². The van der Waals surface area contributed by atoms with Crippen LogP contribution >= 0.6 is 27.7 Å². The van der Waals surface area contributed by atoms with E-state index in [9.17, 15) is 9.59 Å². The molecule has 2 heterocycles. The molecule has 2 aromatic carbocycles. The van der Waals surface area contributed by atoms with Crippen molar-refractivity contribution in [1.29, 1.82) is 0 Å². The van der Waals surface area contributed by atoms with Crippen molar-refractivity contribution >= 4 is 39.4 Å². The van der Waals surface area contributed by atoms with E-state index in [1.807, 2.05) is 23.6 Å².